The molecule has 0 atom stereocenters. The van der Waals surface area contributed by atoms with Crippen LogP contribution in [0.1, 0.15) is 55.0 Å². The van der Waals surface area contributed by atoms with Crippen molar-refractivity contribution in [3.05, 3.63) is 46.9 Å². The third-order valence-electron chi connectivity index (χ3n) is 5.47. The van der Waals surface area contributed by atoms with Crippen molar-refractivity contribution >= 4 is 11.6 Å². The Morgan fingerprint density at radius 1 is 1.13 bits per heavy atom. The highest BCUT2D eigenvalue weighted by Gasteiger charge is 2.39. The molecule has 0 saturated carbocycles. The minimum atomic E-state index is -0.302. The van der Waals surface area contributed by atoms with Crippen LogP contribution >= 0.6 is 0 Å². The highest BCUT2D eigenvalue weighted by Crippen LogP contribution is 2.32. The zero-order valence-corrected chi connectivity index (χ0v) is 18.3. The summed E-state index contributed by atoms with van der Waals surface area (Å²) in [6, 6.07) is 5.60. The number of morpholine rings is 1. The summed E-state index contributed by atoms with van der Waals surface area (Å²) in [5, 5.41) is 7.99. The molecular formula is C23H30N4O3. The number of carbonyl (C=O) groups excluding carboxylic acids is 1. The Morgan fingerprint density at radius 3 is 2.57 bits per heavy atom. The summed E-state index contributed by atoms with van der Waals surface area (Å²) in [6.07, 6.45) is 3.25. The summed E-state index contributed by atoms with van der Waals surface area (Å²) < 4.78 is 11.9. The van der Waals surface area contributed by atoms with Crippen molar-refractivity contribution in [3.63, 3.8) is 0 Å². The number of carbonyl (C=O) groups is 1. The maximum absolute atomic E-state index is 13.3. The number of Topliss-reactive ketones (excluding diaryl/α,β-unsaturated/α-hetero) is 1. The Hall–Kier alpha value is -2.38. The lowest BCUT2D eigenvalue weighted by Crippen LogP contribution is -2.57. The summed E-state index contributed by atoms with van der Waals surface area (Å²) in [5.74, 6) is 0.881. The summed E-state index contributed by atoms with van der Waals surface area (Å²) in [4.78, 5) is 20.5. The van der Waals surface area contributed by atoms with Gasteiger partial charge < -0.3 is 14.4 Å². The Bertz CT molecular complexity index is 912. The standard InChI is InChI=1S/C23H30N4O3/c1-22(2)14-27(15-23(3,4)30-22)21-13-18(17-7-10-29-11-8-19(17)25-21)20(28)12-16-6-5-9-24-26-16/h5-6,9,13H,7-8,10-12,14-15H2,1-4H3. The first-order chi connectivity index (χ1) is 14.2. The molecule has 30 heavy (non-hydrogen) atoms. The van der Waals surface area contributed by atoms with Crippen LogP contribution in [-0.2, 0) is 28.7 Å². The lowest BCUT2D eigenvalue weighted by Gasteiger charge is -2.47. The molecule has 2 aliphatic heterocycles. The van der Waals surface area contributed by atoms with E-state index in [0.29, 0.717) is 31.7 Å². The van der Waals surface area contributed by atoms with E-state index < -0.39 is 0 Å². The molecule has 1 fully saturated rings. The molecule has 0 bridgehead atoms. The number of rotatable bonds is 4. The van der Waals surface area contributed by atoms with Crippen LogP contribution in [0.4, 0.5) is 5.82 Å². The van der Waals surface area contributed by atoms with E-state index in [1.165, 1.54) is 0 Å². The van der Waals surface area contributed by atoms with Crippen LogP contribution in [0.3, 0.4) is 0 Å². The average Bonchev–Trinajstić information content (AvgIpc) is 2.91. The average molecular weight is 411 g/mol. The summed E-state index contributed by atoms with van der Waals surface area (Å²) in [6.45, 7) is 11.1. The molecular weight excluding hydrogens is 380 g/mol. The Labute approximate surface area is 177 Å². The molecule has 4 heterocycles. The van der Waals surface area contributed by atoms with E-state index >= 15 is 0 Å². The van der Waals surface area contributed by atoms with Gasteiger partial charge in [-0.1, -0.05) is 0 Å². The molecule has 0 aliphatic carbocycles. The number of hydrogen-bond acceptors (Lipinski definition) is 7. The predicted molar refractivity (Wildman–Crippen MR) is 114 cm³/mol. The van der Waals surface area contributed by atoms with Gasteiger partial charge in [0.1, 0.15) is 5.82 Å². The molecule has 160 valence electrons. The highest BCUT2D eigenvalue weighted by atomic mass is 16.5. The third kappa shape index (κ3) is 4.68. The molecule has 7 nitrogen and oxygen atoms in total. The molecule has 1 saturated heterocycles. The lowest BCUT2D eigenvalue weighted by molar-refractivity contribution is -0.133. The van der Waals surface area contributed by atoms with Crippen molar-refractivity contribution in [3.8, 4) is 0 Å². The first kappa shape index (κ1) is 20.9. The lowest BCUT2D eigenvalue weighted by atomic mass is 9.95. The third-order valence-corrected chi connectivity index (χ3v) is 5.47. The first-order valence-corrected chi connectivity index (χ1v) is 10.6. The van der Waals surface area contributed by atoms with Crippen LogP contribution in [0, 0.1) is 0 Å². The fraction of sp³-hybridized carbons (Fsp3) is 0.565. The number of nitrogens with zero attached hydrogens (tertiary/aromatic N) is 4. The van der Waals surface area contributed by atoms with Gasteiger partial charge in [-0.05, 0) is 57.9 Å². The van der Waals surface area contributed by atoms with Gasteiger partial charge in [0, 0.05) is 37.0 Å². The van der Waals surface area contributed by atoms with Gasteiger partial charge in [-0.15, -0.1) is 0 Å². The number of pyridine rings is 1. The first-order valence-electron chi connectivity index (χ1n) is 10.6. The van der Waals surface area contributed by atoms with Crippen LogP contribution in [0.15, 0.2) is 24.4 Å². The Balaban J connectivity index is 1.73. The van der Waals surface area contributed by atoms with Crippen LogP contribution in [0.2, 0.25) is 0 Å². The smallest absolute Gasteiger partial charge is 0.169 e. The zero-order chi connectivity index (χ0) is 21.4. The molecule has 0 N–H and O–H groups in total. The van der Waals surface area contributed by atoms with E-state index in [9.17, 15) is 4.79 Å². The van der Waals surface area contributed by atoms with Gasteiger partial charge in [0.15, 0.2) is 5.78 Å². The Kier molecular flexibility index (Phi) is 5.59. The molecule has 2 aromatic heterocycles. The van der Waals surface area contributed by atoms with Crippen molar-refractivity contribution in [2.45, 2.75) is 58.2 Å². The van der Waals surface area contributed by atoms with Crippen molar-refractivity contribution < 1.29 is 14.3 Å². The Morgan fingerprint density at radius 2 is 1.87 bits per heavy atom. The molecule has 4 rings (SSSR count). The monoisotopic (exact) mass is 410 g/mol. The molecule has 7 heteroatoms. The van der Waals surface area contributed by atoms with Crippen molar-refractivity contribution in [1.82, 2.24) is 15.2 Å². The predicted octanol–water partition coefficient (Wildman–Crippen LogP) is 2.81. The molecule has 0 aromatic carbocycles. The maximum atomic E-state index is 13.3. The normalized spacial score (nSPS) is 20.3. The van der Waals surface area contributed by atoms with Gasteiger partial charge >= 0.3 is 0 Å². The van der Waals surface area contributed by atoms with Gasteiger partial charge in [-0.2, -0.15) is 10.2 Å². The number of ether oxygens (including phenoxy) is 2. The number of anilines is 1. The fourth-order valence-electron chi connectivity index (χ4n) is 4.59. The van der Waals surface area contributed by atoms with E-state index in [4.69, 9.17) is 14.5 Å². The fourth-order valence-corrected chi connectivity index (χ4v) is 4.59. The molecule has 0 radical (unpaired) electrons. The van der Waals surface area contributed by atoms with Crippen LogP contribution in [0.25, 0.3) is 0 Å². The second kappa shape index (κ2) is 8.04. The molecule has 0 spiro atoms. The summed E-state index contributed by atoms with van der Waals surface area (Å²) >= 11 is 0. The van der Waals surface area contributed by atoms with E-state index in [-0.39, 0.29) is 23.4 Å². The highest BCUT2D eigenvalue weighted by molar-refractivity contribution is 5.99. The largest absolute Gasteiger partial charge is 0.381 e. The summed E-state index contributed by atoms with van der Waals surface area (Å²) in [5.41, 5.74) is 2.78. The quantitative estimate of drug-likeness (QED) is 0.717. The molecule has 0 unspecified atom stereocenters. The zero-order valence-electron chi connectivity index (χ0n) is 18.3. The van der Waals surface area contributed by atoms with Crippen LogP contribution in [-0.4, -0.2) is 58.5 Å². The van der Waals surface area contributed by atoms with Crippen molar-refractivity contribution in [2.24, 2.45) is 0 Å². The SMILES string of the molecule is CC1(C)CN(c2cc(C(=O)Cc3cccnn3)c3c(n2)CCOCC3)CC(C)(C)O1. The molecule has 0 amide bonds. The van der Waals surface area contributed by atoms with Crippen LogP contribution in [0.5, 0.6) is 0 Å². The minimum Gasteiger partial charge on any atom is -0.381 e. The van der Waals surface area contributed by atoms with E-state index in [1.54, 1.807) is 12.3 Å². The molecule has 2 aliphatic rings. The van der Waals surface area contributed by atoms with E-state index in [2.05, 4.69) is 42.8 Å². The molecule has 2 aromatic rings. The number of fused-ring (bicyclic) bond motifs is 1. The number of hydrogen-bond donors (Lipinski definition) is 0. The van der Waals surface area contributed by atoms with E-state index in [0.717, 1.165) is 35.7 Å². The maximum Gasteiger partial charge on any atom is 0.169 e. The number of ketones is 1. The number of aromatic nitrogens is 3. The second-order valence-electron chi connectivity index (χ2n) is 9.36. The topological polar surface area (TPSA) is 77.4 Å². The van der Waals surface area contributed by atoms with Gasteiger partial charge in [0.05, 0.1) is 36.5 Å². The second-order valence-corrected chi connectivity index (χ2v) is 9.36. The van der Waals surface area contributed by atoms with Crippen molar-refractivity contribution in [1.29, 1.82) is 0 Å². The van der Waals surface area contributed by atoms with Gasteiger partial charge in [-0.25, -0.2) is 4.98 Å². The van der Waals surface area contributed by atoms with Gasteiger partial charge in [0.25, 0.3) is 0 Å². The van der Waals surface area contributed by atoms with Crippen LogP contribution < -0.4 is 4.90 Å². The van der Waals surface area contributed by atoms with E-state index in [1.807, 2.05) is 12.1 Å². The minimum absolute atomic E-state index is 0.0454. The van der Waals surface area contributed by atoms with Gasteiger partial charge in [0.2, 0.25) is 0 Å². The van der Waals surface area contributed by atoms with Crippen molar-refractivity contribution in [2.75, 3.05) is 31.2 Å². The van der Waals surface area contributed by atoms with Gasteiger partial charge in [-0.3, -0.25) is 4.79 Å². The summed E-state index contributed by atoms with van der Waals surface area (Å²) in [7, 11) is 0.